The smallest absolute Gasteiger partial charge is 0.160 e. The molecule has 318 valence electrons. The predicted molar refractivity (Wildman–Crippen MR) is 286 cm³/mol. The van der Waals surface area contributed by atoms with Crippen molar-refractivity contribution in [1.29, 1.82) is 0 Å². The summed E-state index contributed by atoms with van der Waals surface area (Å²) < 4.78 is 0. The maximum atomic E-state index is 5.20. The van der Waals surface area contributed by atoms with Gasteiger partial charge in [0.05, 0.1) is 22.4 Å². The molecule has 0 aliphatic carbocycles. The van der Waals surface area contributed by atoms with Crippen LogP contribution in [0.25, 0.3) is 87.8 Å². The molecule has 0 N–H and O–H groups in total. The van der Waals surface area contributed by atoms with Gasteiger partial charge in [-0.15, -0.1) is 0 Å². The number of aromatic nitrogens is 2. The van der Waals surface area contributed by atoms with Gasteiger partial charge in [-0.05, 0) is 123 Å². The summed E-state index contributed by atoms with van der Waals surface area (Å²) in [7, 11) is 0. The molecule has 0 unspecified atom stereocenters. The van der Waals surface area contributed by atoms with Crippen molar-refractivity contribution >= 4 is 88.2 Å². The van der Waals surface area contributed by atoms with Crippen LogP contribution < -0.4 is 9.80 Å². The Morgan fingerprint density at radius 3 is 1.13 bits per heavy atom. The van der Waals surface area contributed by atoms with Gasteiger partial charge in [-0.3, -0.25) is 0 Å². The third kappa shape index (κ3) is 6.69. The number of fused-ring (bicyclic) bond motifs is 2. The number of anilines is 6. The number of para-hydroxylation sites is 2. The van der Waals surface area contributed by atoms with Gasteiger partial charge in [-0.2, -0.15) is 0 Å². The highest BCUT2D eigenvalue weighted by Gasteiger charge is 2.22. The normalized spacial score (nSPS) is 11.5. The van der Waals surface area contributed by atoms with Gasteiger partial charge in [0.15, 0.2) is 5.82 Å². The SMILES string of the molecule is c1ccc(-c2nc3ccc4c(-c5ccc(N(c6ccccc6)c6cccc7ccccc67)cc5)cc(-c5ccc(N(c6ccccc6)c6cccc7ccccc67)cc5)c5ccc(n2)c3c45)cc1. The van der Waals surface area contributed by atoms with E-state index in [0.717, 1.165) is 84.2 Å². The van der Waals surface area contributed by atoms with Crippen molar-refractivity contribution in [3.05, 3.63) is 255 Å². The molecule has 0 fully saturated rings. The molecule has 0 aliphatic heterocycles. The van der Waals surface area contributed by atoms with Crippen molar-refractivity contribution in [2.24, 2.45) is 0 Å². The molecule has 4 heteroatoms. The van der Waals surface area contributed by atoms with Crippen molar-refractivity contribution in [3.8, 4) is 33.6 Å². The van der Waals surface area contributed by atoms with Gasteiger partial charge in [-0.25, -0.2) is 9.97 Å². The van der Waals surface area contributed by atoms with Gasteiger partial charge in [0.1, 0.15) is 0 Å². The first-order chi connectivity index (χ1) is 33.7. The second kappa shape index (κ2) is 16.4. The van der Waals surface area contributed by atoms with Crippen LogP contribution >= 0.6 is 0 Å². The number of hydrogen-bond donors (Lipinski definition) is 0. The van der Waals surface area contributed by atoms with Crippen molar-refractivity contribution < 1.29 is 0 Å². The molecular formula is C64H42N4. The minimum Gasteiger partial charge on any atom is -0.310 e. The fraction of sp³-hybridized carbons (Fsp3) is 0. The molecule has 0 amide bonds. The summed E-state index contributed by atoms with van der Waals surface area (Å²) >= 11 is 0. The highest BCUT2D eigenvalue weighted by molar-refractivity contribution is 6.27. The van der Waals surface area contributed by atoms with Gasteiger partial charge < -0.3 is 9.80 Å². The van der Waals surface area contributed by atoms with E-state index in [4.69, 9.17) is 9.97 Å². The van der Waals surface area contributed by atoms with Gasteiger partial charge in [0.25, 0.3) is 0 Å². The third-order valence-corrected chi connectivity index (χ3v) is 13.4. The Morgan fingerprint density at radius 2 is 0.662 bits per heavy atom. The molecule has 0 atom stereocenters. The Hall–Kier alpha value is -9.12. The van der Waals surface area contributed by atoms with Crippen LogP contribution in [0.3, 0.4) is 0 Å². The summed E-state index contributed by atoms with van der Waals surface area (Å²) in [5, 5.41) is 9.40. The topological polar surface area (TPSA) is 32.3 Å². The van der Waals surface area contributed by atoms with E-state index in [1.165, 1.54) is 37.7 Å². The van der Waals surface area contributed by atoms with Gasteiger partial charge in [0.2, 0.25) is 0 Å². The number of benzene rings is 12. The lowest BCUT2D eigenvalue weighted by Crippen LogP contribution is -2.10. The molecule has 0 radical (unpaired) electrons. The Kier molecular flexibility index (Phi) is 9.47. The van der Waals surface area contributed by atoms with Crippen molar-refractivity contribution in [2.45, 2.75) is 0 Å². The Labute approximate surface area is 394 Å². The molecule has 0 saturated heterocycles. The molecule has 0 bridgehead atoms. The second-order valence-corrected chi connectivity index (χ2v) is 17.3. The summed E-state index contributed by atoms with van der Waals surface area (Å²) in [6.07, 6.45) is 0. The monoisotopic (exact) mass is 866 g/mol. The molecule has 1 aromatic heterocycles. The van der Waals surface area contributed by atoms with E-state index in [1.54, 1.807) is 0 Å². The van der Waals surface area contributed by atoms with Gasteiger partial charge in [-0.1, -0.05) is 176 Å². The molecule has 4 nitrogen and oxygen atoms in total. The standard InChI is InChI=1S/C64H42N4/c1-4-18-47(19-5-1)64-65-58-40-38-54-56(45-30-34-50(35-31-45)67(48-22-6-2-7-23-48)60-28-14-20-43-16-10-12-26-52(43)60)42-57(55-39-41-59(66-64)63(58)62(54)55)46-32-36-51(37-33-46)68(49-24-8-3-9-25-49)61-29-15-21-44-17-11-13-27-53(44)61/h1-42H. The first kappa shape index (κ1) is 39.3. The van der Waals surface area contributed by atoms with E-state index in [9.17, 15) is 0 Å². The average molecular weight is 867 g/mol. The van der Waals surface area contributed by atoms with Crippen LogP contribution in [0.5, 0.6) is 0 Å². The maximum Gasteiger partial charge on any atom is 0.160 e. The Bertz CT molecular complexity index is 3700. The summed E-state index contributed by atoms with van der Waals surface area (Å²) in [6, 6.07) is 91.3. The first-order valence-electron chi connectivity index (χ1n) is 23.2. The van der Waals surface area contributed by atoms with Crippen LogP contribution in [0.4, 0.5) is 34.1 Å². The summed E-state index contributed by atoms with van der Waals surface area (Å²) in [6.45, 7) is 0. The highest BCUT2D eigenvalue weighted by Crippen LogP contribution is 2.46. The first-order valence-corrected chi connectivity index (χ1v) is 23.2. The van der Waals surface area contributed by atoms with Crippen LogP contribution in [-0.4, -0.2) is 9.97 Å². The van der Waals surface area contributed by atoms with Crippen molar-refractivity contribution in [2.75, 3.05) is 9.80 Å². The van der Waals surface area contributed by atoms with Crippen LogP contribution in [0.1, 0.15) is 0 Å². The van der Waals surface area contributed by atoms with E-state index in [2.05, 4.69) is 246 Å². The quantitative estimate of drug-likeness (QED) is 0.135. The minimum absolute atomic E-state index is 0.728. The zero-order chi connectivity index (χ0) is 45.0. The lowest BCUT2D eigenvalue weighted by molar-refractivity contribution is 1.26. The third-order valence-electron chi connectivity index (χ3n) is 13.4. The molecule has 0 spiro atoms. The molecule has 13 aromatic rings. The lowest BCUT2D eigenvalue weighted by Gasteiger charge is -2.27. The van der Waals surface area contributed by atoms with Gasteiger partial charge in [0, 0.05) is 49.9 Å². The summed E-state index contributed by atoms with van der Waals surface area (Å²) in [5.74, 6) is 0.728. The Balaban J connectivity index is 0.990. The molecule has 0 aliphatic rings. The zero-order valence-electron chi connectivity index (χ0n) is 37.0. The molecule has 0 saturated carbocycles. The molecule has 12 aromatic carbocycles. The van der Waals surface area contributed by atoms with E-state index in [0.29, 0.717) is 0 Å². The van der Waals surface area contributed by atoms with Crippen LogP contribution in [-0.2, 0) is 0 Å². The maximum absolute atomic E-state index is 5.20. The predicted octanol–water partition coefficient (Wildman–Crippen LogP) is 17.6. The largest absolute Gasteiger partial charge is 0.310 e. The van der Waals surface area contributed by atoms with Crippen LogP contribution in [0, 0.1) is 0 Å². The fourth-order valence-electron chi connectivity index (χ4n) is 10.2. The molecule has 1 heterocycles. The lowest BCUT2D eigenvalue weighted by atomic mass is 9.87. The van der Waals surface area contributed by atoms with E-state index < -0.39 is 0 Å². The minimum atomic E-state index is 0.728. The number of nitrogens with zero attached hydrogens (tertiary/aromatic N) is 4. The highest BCUT2D eigenvalue weighted by atomic mass is 15.1. The summed E-state index contributed by atoms with van der Waals surface area (Å²) in [4.78, 5) is 15.1. The van der Waals surface area contributed by atoms with E-state index >= 15 is 0 Å². The summed E-state index contributed by atoms with van der Waals surface area (Å²) in [5.41, 5.74) is 14.1. The average Bonchev–Trinajstić information content (AvgIpc) is 3.41. The van der Waals surface area contributed by atoms with Gasteiger partial charge >= 0.3 is 0 Å². The van der Waals surface area contributed by atoms with Crippen LogP contribution in [0.15, 0.2) is 255 Å². The second-order valence-electron chi connectivity index (χ2n) is 17.3. The zero-order valence-corrected chi connectivity index (χ0v) is 37.0. The van der Waals surface area contributed by atoms with Crippen molar-refractivity contribution in [3.63, 3.8) is 0 Å². The Morgan fingerprint density at radius 1 is 0.265 bits per heavy atom. The van der Waals surface area contributed by atoms with Crippen molar-refractivity contribution in [1.82, 2.24) is 9.97 Å². The molecule has 68 heavy (non-hydrogen) atoms. The molecular weight excluding hydrogens is 825 g/mol. The van der Waals surface area contributed by atoms with E-state index in [1.807, 2.05) is 18.2 Å². The van der Waals surface area contributed by atoms with E-state index in [-0.39, 0.29) is 0 Å². The van der Waals surface area contributed by atoms with Crippen LogP contribution in [0.2, 0.25) is 0 Å². The number of hydrogen-bond acceptors (Lipinski definition) is 4. The molecule has 13 rings (SSSR count). The fourth-order valence-corrected chi connectivity index (χ4v) is 10.2. The number of rotatable bonds is 9.